The van der Waals surface area contributed by atoms with Crippen molar-refractivity contribution in [2.75, 3.05) is 11.4 Å². The largest absolute Gasteiger partial charge is 0.508 e. The van der Waals surface area contributed by atoms with Crippen LogP contribution in [0.2, 0.25) is 5.02 Å². The van der Waals surface area contributed by atoms with Crippen LogP contribution in [-0.2, 0) is 0 Å². The van der Waals surface area contributed by atoms with Gasteiger partial charge in [-0.05, 0) is 37.3 Å². The average molecular weight is 273 g/mol. The van der Waals surface area contributed by atoms with Crippen molar-refractivity contribution >= 4 is 23.0 Å². The molecule has 0 aliphatic heterocycles. The first-order valence-corrected chi connectivity index (χ1v) is 6.29. The molecule has 0 aliphatic rings. The minimum Gasteiger partial charge on any atom is -0.508 e. The van der Waals surface area contributed by atoms with Gasteiger partial charge in [0.2, 0.25) is 0 Å². The zero-order chi connectivity index (χ0) is 13.8. The van der Waals surface area contributed by atoms with E-state index in [4.69, 9.17) is 11.6 Å². The molecule has 2 rings (SSSR count). The molecule has 3 nitrogen and oxygen atoms in total. The number of halogens is 1. The Morgan fingerprint density at radius 2 is 2.05 bits per heavy atom. The van der Waals surface area contributed by atoms with Crippen molar-refractivity contribution in [2.24, 2.45) is 0 Å². The van der Waals surface area contributed by atoms with Crippen LogP contribution in [0, 0.1) is 11.3 Å². The number of phenols is 1. The van der Waals surface area contributed by atoms with E-state index in [1.165, 1.54) is 0 Å². The molecule has 2 aromatic rings. The van der Waals surface area contributed by atoms with E-state index in [-0.39, 0.29) is 5.75 Å². The van der Waals surface area contributed by atoms with Crippen molar-refractivity contribution < 1.29 is 5.11 Å². The average Bonchev–Trinajstić information content (AvgIpc) is 2.41. The summed E-state index contributed by atoms with van der Waals surface area (Å²) < 4.78 is 0. The summed E-state index contributed by atoms with van der Waals surface area (Å²) in [5.74, 6) is 0.198. The molecular formula is C15H13ClN2O. The van der Waals surface area contributed by atoms with Crippen molar-refractivity contribution in [3.05, 3.63) is 53.1 Å². The Morgan fingerprint density at radius 1 is 1.26 bits per heavy atom. The van der Waals surface area contributed by atoms with Gasteiger partial charge >= 0.3 is 0 Å². The number of nitrogens with zero attached hydrogens (tertiary/aromatic N) is 2. The molecule has 0 spiro atoms. The molecule has 0 atom stereocenters. The van der Waals surface area contributed by atoms with Crippen LogP contribution in [0.4, 0.5) is 11.4 Å². The number of phenolic OH excluding ortho intramolecular Hbond substituents is 1. The number of anilines is 2. The molecule has 96 valence electrons. The highest BCUT2D eigenvalue weighted by Gasteiger charge is 2.12. The minimum absolute atomic E-state index is 0.198. The summed E-state index contributed by atoms with van der Waals surface area (Å²) >= 11 is 5.91. The van der Waals surface area contributed by atoms with E-state index in [9.17, 15) is 10.4 Å². The second kappa shape index (κ2) is 5.64. The maximum atomic E-state index is 9.56. The Balaban J connectivity index is 2.52. The summed E-state index contributed by atoms with van der Waals surface area (Å²) in [6.07, 6.45) is 0. The molecule has 0 aliphatic carbocycles. The van der Waals surface area contributed by atoms with Crippen molar-refractivity contribution in [1.82, 2.24) is 0 Å². The summed E-state index contributed by atoms with van der Waals surface area (Å²) in [5.41, 5.74) is 2.12. The van der Waals surface area contributed by atoms with E-state index in [2.05, 4.69) is 6.07 Å². The smallest absolute Gasteiger partial charge is 0.117 e. The molecule has 0 heterocycles. The Morgan fingerprint density at radius 3 is 2.68 bits per heavy atom. The highest BCUT2D eigenvalue weighted by molar-refractivity contribution is 6.30. The monoisotopic (exact) mass is 272 g/mol. The topological polar surface area (TPSA) is 47.3 Å². The van der Waals surface area contributed by atoms with E-state index in [1.807, 2.05) is 24.0 Å². The van der Waals surface area contributed by atoms with Gasteiger partial charge in [-0.3, -0.25) is 0 Å². The number of nitriles is 1. The van der Waals surface area contributed by atoms with Crippen LogP contribution >= 0.6 is 11.6 Å². The van der Waals surface area contributed by atoms with E-state index < -0.39 is 0 Å². The van der Waals surface area contributed by atoms with Gasteiger partial charge in [0.15, 0.2) is 0 Å². The molecule has 0 saturated carbocycles. The van der Waals surface area contributed by atoms with Crippen LogP contribution in [0.25, 0.3) is 0 Å². The third kappa shape index (κ3) is 2.81. The zero-order valence-electron chi connectivity index (χ0n) is 10.5. The fraction of sp³-hybridized carbons (Fsp3) is 0.133. The Bertz CT molecular complexity index is 634. The predicted octanol–water partition coefficient (Wildman–Crippen LogP) is 4.08. The molecule has 1 N–H and O–H groups in total. The van der Waals surface area contributed by atoms with Gasteiger partial charge in [-0.15, -0.1) is 0 Å². The number of aromatic hydroxyl groups is 1. The SMILES string of the molecule is CCN(c1cccc(O)c1)c1ccc(Cl)cc1C#N. The van der Waals surface area contributed by atoms with Crippen LogP contribution in [0.5, 0.6) is 5.75 Å². The van der Waals surface area contributed by atoms with Crippen LogP contribution in [0.15, 0.2) is 42.5 Å². The summed E-state index contributed by atoms with van der Waals surface area (Å²) in [6, 6.07) is 14.3. The van der Waals surface area contributed by atoms with Crippen LogP contribution in [0.1, 0.15) is 12.5 Å². The second-order valence-corrected chi connectivity index (χ2v) is 4.47. The molecule has 0 saturated heterocycles. The normalized spacial score (nSPS) is 9.95. The van der Waals surface area contributed by atoms with Crippen molar-refractivity contribution in [3.8, 4) is 11.8 Å². The second-order valence-electron chi connectivity index (χ2n) is 4.04. The fourth-order valence-electron chi connectivity index (χ4n) is 1.99. The van der Waals surface area contributed by atoms with Gasteiger partial charge in [-0.1, -0.05) is 17.7 Å². The first-order valence-electron chi connectivity index (χ1n) is 5.92. The van der Waals surface area contributed by atoms with Gasteiger partial charge in [-0.2, -0.15) is 5.26 Å². The zero-order valence-corrected chi connectivity index (χ0v) is 11.2. The first-order chi connectivity index (χ1) is 9.15. The fourth-order valence-corrected chi connectivity index (χ4v) is 2.16. The lowest BCUT2D eigenvalue weighted by Crippen LogP contribution is -2.17. The molecule has 0 amide bonds. The molecule has 0 unspecified atom stereocenters. The Kier molecular flexibility index (Phi) is 3.94. The third-order valence-electron chi connectivity index (χ3n) is 2.83. The molecule has 0 aromatic heterocycles. The molecular weight excluding hydrogens is 260 g/mol. The summed E-state index contributed by atoms with van der Waals surface area (Å²) in [7, 11) is 0. The first kappa shape index (κ1) is 13.3. The van der Waals surface area contributed by atoms with Gasteiger partial charge in [0.1, 0.15) is 11.8 Å². The molecule has 0 bridgehead atoms. The molecule has 0 fully saturated rings. The highest BCUT2D eigenvalue weighted by Crippen LogP contribution is 2.31. The number of hydrogen-bond acceptors (Lipinski definition) is 3. The van der Waals surface area contributed by atoms with Gasteiger partial charge < -0.3 is 10.0 Å². The van der Waals surface area contributed by atoms with E-state index in [0.717, 1.165) is 11.4 Å². The number of benzene rings is 2. The summed E-state index contributed by atoms with van der Waals surface area (Å²) in [5, 5.41) is 19.3. The Hall–Kier alpha value is -2.18. The van der Waals surface area contributed by atoms with Crippen LogP contribution in [-0.4, -0.2) is 11.7 Å². The van der Waals surface area contributed by atoms with Crippen molar-refractivity contribution in [1.29, 1.82) is 5.26 Å². The third-order valence-corrected chi connectivity index (χ3v) is 3.06. The van der Waals surface area contributed by atoms with E-state index >= 15 is 0 Å². The Labute approximate surface area is 117 Å². The summed E-state index contributed by atoms with van der Waals surface area (Å²) in [6.45, 7) is 2.67. The van der Waals surface area contributed by atoms with Crippen LogP contribution < -0.4 is 4.90 Å². The van der Waals surface area contributed by atoms with E-state index in [0.29, 0.717) is 17.1 Å². The maximum Gasteiger partial charge on any atom is 0.117 e. The highest BCUT2D eigenvalue weighted by atomic mass is 35.5. The van der Waals surface area contributed by atoms with Crippen molar-refractivity contribution in [2.45, 2.75) is 6.92 Å². The number of hydrogen-bond donors (Lipinski definition) is 1. The summed E-state index contributed by atoms with van der Waals surface area (Å²) in [4.78, 5) is 1.95. The van der Waals surface area contributed by atoms with Gasteiger partial charge in [0.05, 0.1) is 11.3 Å². The predicted molar refractivity (Wildman–Crippen MR) is 77.0 cm³/mol. The number of rotatable bonds is 3. The van der Waals surface area contributed by atoms with Crippen molar-refractivity contribution in [3.63, 3.8) is 0 Å². The van der Waals surface area contributed by atoms with Gasteiger partial charge in [0.25, 0.3) is 0 Å². The molecule has 19 heavy (non-hydrogen) atoms. The quantitative estimate of drug-likeness (QED) is 0.916. The van der Waals surface area contributed by atoms with E-state index in [1.54, 1.807) is 30.3 Å². The van der Waals surface area contributed by atoms with Gasteiger partial charge in [0, 0.05) is 23.3 Å². The molecule has 0 radical (unpaired) electrons. The molecule has 4 heteroatoms. The standard InChI is InChI=1S/C15H13ClN2O/c1-2-18(13-4-3-5-14(19)9-13)15-7-6-12(16)8-11(15)10-17/h3-9,19H,2H2,1H3. The maximum absolute atomic E-state index is 9.56. The van der Waals surface area contributed by atoms with Crippen LogP contribution in [0.3, 0.4) is 0 Å². The molecule has 2 aromatic carbocycles. The lowest BCUT2D eigenvalue weighted by molar-refractivity contribution is 0.475. The lowest BCUT2D eigenvalue weighted by atomic mass is 10.1. The lowest BCUT2D eigenvalue weighted by Gasteiger charge is -2.24. The minimum atomic E-state index is 0.198. The van der Waals surface area contributed by atoms with Gasteiger partial charge in [-0.25, -0.2) is 0 Å².